The van der Waals surface area contributed by atoms with Gasteiger partial charge in [-0.2, -0.15) is 10.2 Å². The Bertz CT molecular complexity index is 3130. The van der Waals surface area contributed by atoms with Gasteiger partial charge >= 0.3 is 11.8 Å². The summed E-state index contributed by atoms with van der Waals surface area (Å²) in [6.07, 6.45) is 7.33. The molecule has 1 spiro atoms. The number of ether oxygens (including phenoxy) is 1. The fourth-order valence-corrected chi connectivity index (χ4v) is 10.5. The maximum absolute atomic E-state index is 15.3. The maximum atomic E-state index is 15.3. The number of hydrogen-bond donors (Lipinski definition) is 2. The molecule has 4 aromatic heterocycles. The number of imidazole rings is 1. The van der Waals surface area contributed by atoms with Crippen molar-refractivity contribution in [2.45, 2.75) is 70.3 Å². The monoisotopic (exact) mass is 851 g/mol. The summed E-state index contributed by atoms with van der Waals surface area (Å²) in [5.41, 5.74) is 8.88. The molecule has 4 fully saturated rings. The summed E-state index contributed by atoms with van der Waals surface area (Å²) in [5, 5.41) is 14.2. The Morgan fingerprint density at radius 3 is 2.41 bits per heavy atom. The molecule has 2 saturated heterocycles. The lowest BCUT2D eigenvalue weighted by Crippen LogP contribution is -2.49. The number of aryl methyl sites for hydroxylation is 3. The van der Waals surface area contributed by atoms with Gasteiger partial charge in [0.25, 0.3) is 5.91 Å². The molecule has 2 aliphatic carbocycles. The predicted molar refractivity (Wildman–Crippen MR) is 231 cm³/mol. The molecule has 17 heteroatoms. The van der Waals surface area contributed by atoms with Crippen molar-refractivity contribution in [2.75, 3.05) is 31.1 Å². The van der Waals surface area contributed by atoms with Gasteiger partial charge in [0.05, 0.1) is 53.1 Å². The van der Waals surface area contributed by atoms with Gasteiger partial charge in [0.1, 0.15) is 23.5 Å². The van der Waals surface area contributed by atoms with E-state index in [2.05, 4.69) is 50.5 Å². The number of hydrogen-bond acceptors (Lipinski definition) is 9. The summed E-state index contributed by atoms with van der Waals surface area (Å²) in [7, 11) is 1.87. The number of hydroxylamine groups is 1. The molecule has 3 aromatic carbocycles. The number of amides is 2. The van der Waals surface area contributed by atoms with Gasteiger partial charge in [-0.1, -0.05) is 6.92 Å². The highest BCUT2D eigenvalue weighted by Gasteiger charge is 2.62. The smallest absolute Gasteiger partial charge is 0.371 e. The van der Waals surface area contributed by atoms with Crippen molar-refractivity contribution in [1.82, 2.24) is 49.0 Å². The topological polar surface area (TPSA) is 151 Å². The molecular formula is C46H46FN11O5. The van der Waals surface area contributed by atoms with Gasteiger partial charge in [0.15, 0.2) is 0 Å². The van der Waals surface area contributed by atoms with Crippen molar-refractivity contribution in [3.05, 3.63) is 118 Å². The zero-order valence-electron chi connectivity index (χ0n) is 35.4. The number of nitrogens with zero attached hydrogens (tertiary/aromatic N) is 9. The van der Waals surface area contributed by atoms with Crippen LogP contribution in [0.25, 0.3) is 39.0 Å². The van der Waals surface area contributed by atoms with Crippen LogP contribution in [0.3, 0.4) is 0 Å². The van der Waals surface area contributed by atoms with Crippen LogP contribution in [0.4, 0.5) is 14.9 Å². The molecule has 0 radical (unpaired) electrons. The largest absolute Gasteiger partial charge is 0.427 e. The highest BCUT2D eigenvalue weighted by molar-refractivity contribution is 6.00. The number of carbonyl (C=O) groups excluding carboxylic acids is 2. The zero-order chi connectivity index (χ0) is 43.1. The third-order valence-corrected chi connectivity index (χ3v) is 14.2. The van der Waals surface area contributed by atoms with Gasteiger partial charge in [0.2, 0.25) is 0 Å². The molecule has 0 bridgehead atoms. The van der Waals surface area contributed by atoms with E-state index in [1.807, 2.05) is 36.2 Å². The van der Waals surface area contributed by atoms with Crippen molar-refractivity contribution >= 4 is 39.5 Å². The molecule has 2 N–H and O–H groups in total. The normalized spacial score (nSPS) is 22.5. The fourth-order valence-electron chi connectivity index (χ4n) is 10.5. The number of rotatable bonds is 7. The maximum Gasteiger partial charge on any atom is 0.427 e. The van der Waals surface area contributed by atoms with Crippen LogP contribution in [0.1, 0.15) is 59.1 Å². The molecule has 7 aromatic rings. The minimum absolute atomic E-state index is 0.0594. The van der Waals surface area contributed by atoms with E-state index in [4.69, 9.17) is 14.7 Å². The van der Waals surface area contributed by atoms with Gasteiger partial charge in [-0.15, -0.1) is 5.48 Å². The van der Waals surface area contributed by atoms with Crippen molar-refractivity contribution < 1.29 is 23.6 Å². The molecule has 1 unspecified atom stereocenters. The van der Waals surface area contributed by atoms with E-state index >= 15 is 9.18 Å². The summed E-state index contributed by atoms with van der Waals surface area (Å²) < 4.78 is 29.9. The van der Waals surface area contributed by atoms with Gasteiger partial charge < -0.3 is 23.9 Å². The number of halogens is 1. The molecule has 7 heterocycles. The van der Waals surface area contributed by atoms with Crippen molar-refractivity contribution in [3.63, 3.8) is 0 Å². The van der Waals surface area contributed by atoms with Crippen LogP contribution in [-0.4, -0.2) is 88.2 Å². The Balaban J connectivity index is 0.968. The van der Waals surface area contributed by atoms with Gasteiger partial charge in [0, 0.05) is 73.0 Å². The van der Waals surface area contributed by atoms with Crippen LogP contribution >= 0.6 is 0 Å². The number of nitrogens with one attached hydrogen (secondary N) is 2. The van der Waals surface area contributed by atoms with Crippen LogP contribution in [0, 0.1) is 25.6 Å². The van der Waals surface area contributed by atoms with E-state index in [1.54, 1.807) is 63.1 Å². The molecular weight excluding hydrogens is 806 g/mol. The first-order valence-corrected chi connectivity index (χ1v) is 21.6. The summed E-state index contributed by atoms with van der Waals surface area (Å²) >= 11 is 0. The molecule has 63 heavy (non-hydrogen) atoms. The van der Waals surface area contributed by atoms with Crippen LogP contribution < -0.4 is 21.4 Å². The third kappa shape index (κ3) is 5.74. The van der Waals surface area contributed by atoms with Crippen LogP contribution in [-0.2, 0) is 35.1 Å². The zero-order valence-corrected chi connectivity index (χ0v) is 35.4. The summed E-state index contributed by atoms with van der Waals surface area (Å²) in [4.78, 5) is 51.8. The van der Waals surface area contributed by atoms with Crippen LogP contribution in [0.5, 0.6) is 0 Å². The lowest BCUT2D eigenvalue weighted by atomic mass is 10.1. The van der Waals surface area contributed by atoms with E-state index in [9.17, 15) is 9.59 Å². The Labute approximate surface area is 360 Å². The average Bonchev–Trinajstić information content (AvgIpc) is 3.70. The lowest BCUT2D eigenvalue weighted by Gasteiger charge is -2.35. The average molecular weight is 852 g/mol. The van der Waals surface area contributed by atoms with Crippen LogP contribution in [0.15, 0.2) is 78.0 Å². The SMILES string of the molecule is Cc1cc(-n2nc3c(c2-n2ccn(-c4ccc5c(cnn5C)c4)c2=O)CN(C(=O)c2cc4cc(N5CCOC6(CC6)C5)ccc4n2[C@@]2(C4NOC(=O)N4)C[C@@H]2C)CC3)cc(C)c1F. The Morgan fingerprint density at radius 1 is 0.921 bits per heavy atom. The number of anilines is 1. The second-order valence-electron chi connectivity index (χ2n) is 18.1. The van der Waals surface area contributed by atoms with Gasteiger partial charge in [-0.05, 0) is 105 Å². The Kier molecular flexibility index (Phi) is 8.08. The molecule has 2 saturated carbocycles. The van der Waals surface area contributed by atoms with Gasteiger partial charge in [-0.25, -0.2) is 18.7 Å². The Hall–Kier alpha value is -6.72. The van der Waals surface area contributed by atoms with E-state index in [1.165, 1.54) is 0 Å². The second-order valence-corrected chi connectivity index (χ2v) is 18.1. The number of benzene rings is 3. The van der Waals surface area contributed by atoms with E-state index < -0.39 is 17.8 Å². The van der Waals surface area contributed by atoms with E-state index in [-0.39, 0.29) is 35.5 Å². The lowest BCUT2D eigenvalue weighted by molar-refractivity contribution is 0.0206. The van der Waals surface area contributed by atoms with Crippen molar-refractivity contribution in [3.8, 4) is 17.2 Å². The number of morpholine rings is 1. The minimum atomic E-state index is -0.679. The quantitative estimate of drug-likeness (QED) is 0.218. The second kappa shape index (κ2) is 13.4. The van der Waals surface area contributed by atoms with Crippen LogP contribution in [0.2, 0.25) is 0 Å². The molecule has 3 atom stereocenters. The molecule has 12 rings (SSSR count). The molecule has 322 valence electrons. The molecule has 5 aliphatic rings. The molecule has 16 nitrogen and oxygen atoms in total. The van der Waals surface area contributed by atoms with Gasteiger partial charge in [-0.3, -0.25) is 23.9 Å². The van der Waals surface area contributed by atoms with E-state index in [0.717, 1.165) is 64.7 Å². The molecule has 2 amide bonds. The first-order chi connectivity index (χ1) is 30.4. The highest BCUT2D eigenvalue weighted by Crippen LogP contribution is 2.55. The number of aromatic nitrogens is 7. The predicted octanol–water partition coefficient (Wildman–Crippen LogP) is 5.28. The first-order valence-electron chi connectivity index (χ1n) is 21.6. The minimum Gasteiger partial charge on any atom is -0.371 e. The third-order valence-electron chi connectivity index (χ3n) is 14.2. The van der Waals surface area contributed by atoms with Crippen molar-refractivity contribution in [2.24, 2.45) is 13.0 Å². The Morgan fingerprint density at radius 2 is 1.67 bits per heavy atom. The van der Waals surface area contributed by atoms with E-state index in [0.29, 0.717) is 60.0 Å². The number of carbonyl (C=O) groups is 2. The fraction of sp³-hybridized carbons (Fsp3) is 0.370. The first kappa shape index (κ1) is 38.0. The van der Waals surface area contributed by atoms with Crippen molar-refractivity contribution in [1.29, 1.82) is 0 Å². The summed E-state index contributed by atoms with van der Waals surface area (Å²) in [5.74, 6) is 0.0879. The highest BCUT2D eigenvalue weighted by atomic mass is 19.1. The summed E-state index contributed by atoms with van der Waals surface area (Å²) in [6.45, 7) is 8.37. The number of fused-ring (bicyclic) bond motifs is 3. The molecule has 3 aliphatic heterocycles. The standard InChI is InChI=1S/C46H46FN11O5/c1-26-17-33(18-27(2)39(26)47)58-40(56-14-13-55(44(56)61)32-6-7-36-30(20-32)23-48-52(36)4)34-24-53(12-9-35(34)50-58)41(59)38-21-29-19-31(54-15-16-62-45(25-54)10-11-45)5-8-37(29)57(38)46(22-28(46)3)42-49-43(60)63-51-42/h5-8,13-14,17-21,23,28,42,51H,9-12,15-16,22,24-25H2,1-4H3,(H,49,60)/t28-,42?,46-/m0/s1. The summed E-state index contributed by atoms with van der Waals surface area (Å²) in [6, 6.07) is 17.6.